The van der Waals surface area contributed by atoms with Crippen LogP contribution >= 0.6 is 0 Å². The highest BCUT2D eigenvalue weighted by molar-refractivity contribution is 5.66. The zero-order valence-electron chi connectivity index (χ0n) is 12.2. The molecule has 0 N–H and O–H groups in total. The van der Waals surface area contributed by atoms with Crippen LogP contribution in [-0.4, -0.2) is 11.6 Å². The van der Waals surface area contributed by atoms with Gasteiger partial charge in [0.25, 0.3) is 0 Å². The van der Waals surface area contributed by atoms with Crippen LogP contribution in [0.3, 0.4) is 0 Å². The standard InChI is InChI=1S/C17H26O2/c1-3-17(19-10(2)18)7-6-13-9-14(17)16-12-5-4-11(8-12)15(13)16/h11-16H,3-9H2,1-2H3. The molecule has 0 aromatic carbocycles. The minimum absolute atomic E-state index is 0.0630. The number of ether oxygens (including phenoxy) is 1. The second-order valence-corrected chi connectivity index (χ2v) is 7.64. The first kappa shape index (κ1) is 12.2. The van der Waals surface area contributed by atoms with Crippen molar-refractivity contribution in [1.82, 2.24) is 0 Å². The highest BCUT2D eigenvalue weighted by atomic mass is 16.6. The quantitative estimate of drug-likeness (QED) is 0.559. The molecule has 7 unspecified atom stereocenters. The van der Waals surface area contributed by atoms with Crippen molar-refractivity contribution in [2.24, 2.45) is 35.5 Å². The van der Waals surface area contributed by atoms with E-state index in [9.17, 15) is 4.79 Å². The molecule has 0 aromatic rings. The number of hydrogen-bond acceptors (Lipinski definition) is 2. The van der Waals surface area contributed by atoms with E-state index >= 15 is 0 Å². The number of fused-ring (bicyclic) bond motifs is 9. The summed E-state index contributed by atoms with van der Waals surface area (Å²) in [5.74, 6) is 5.45. The smallest absolute Gasteiger partial charge is 0.303 e. The fourth-order valence-electron chi connectivity index (χ4n) is 6.73. The van der Waals surface area contributed by atoms with Crippen LogP contribution < -0.4 is 0 Å². The molecule has 4 aliphatic carbocycles. The molecule has 4 fully saturated rings. The first-order valence-electron chi connectivity index (χ1n) is 8.34. The molecule has 0 heterocycles. The number of hydrogen-bond donors (Lipinski definition) is 0. The lowest BCUT2D eigenvalue weighted by atomic mass is 9.69. The number of esters is 1. The Labute approximate surface area is 116 Å². The lowest BCUT2D eigenvalue weighted by Crippen LogP contribution is -2.46. The van der Waals surface area contributed by atoms with Crippen molar-refractivity contribution in [1.29, 1.82) is 0 Å². The van der Waals surface area contributed by atoms with Gasteiger partial charge in [0.2, 0.25) is 0 Å². The summed E-state index contributed by atoms with van der Waals surface area (Å²) in [6.45, 7) is 3.82. The van der Waals surface area contributed by atoms with E-state index in [-0.39, 0.29) is 11.6 Å². The summed E-state index contributed by atoms with van der Waals surface area (Å²) in [7, 11) is 0. The maximum Gasteiger partial charge on any atom is 0.303 e. The van der Waals surface area contributed by atoms with Crippen molar-refractivity contribution >= 4 is 5.97 Å². The van der Waals surface area contributed by atoms with Crippen molar-refractivity contribution < 1.29 is 9.53 Å². The van der Waals surface area contributed by atoms with Gasteiger partial charge in [-0.15, -0.1) is 0 Å². The maximum atomic E-state index is 11.6. The molecule has 0 aliphatic heterocycles. The molecule has 0 aromatic heterocycles. The molecule has 4 rings (SSSR count). The molecule has 2 nitrogen and oxygen atoms in total. The van der Waals surface area contributed by atoms with Gasteiger partial charge in [-0.2, -0.15) is 0 Å². The molecule has 106 valence electrons. The number of carbonyl (C=O) groups excluding carboxylic acids is 1. The van der Waals surface area contributed by atoms with Gasteiger partial charge in [-0.05, 0) is 74.5 Å². The van der Waals surface area contributed by atoms with Crippen molar-refractivity contribution in [3.8, 4) is 0 Å². The van der Waals surface area contributed by atoms with Crippen LogP contribution in [0.4, 0.5) is 0 Å². The van der Waals surface area contributed by atoms with Gasteiger partial charge in [-0.25, -0.2) is 0 Å². The normalized spacial score (nSPS) is 54.2. The first-order chi connectivity index (χ1) is 9.14. The van der Waals surface area contributed by atoms with Crippen LogP contribution in [0.15, 0.2) is 0 Å². The van der Waals surface area contributed by atoms with Gasteiger partial charge in [0.05, 0.1) is 0 Å². The van der Waals surface area contributed by atoms with Crippen LogP contribution in [0.2, 0.25) is 0 Å². The Morgan fingerprint density at radius 3 is 2.47 bits per heavy atom. The molecule has 0 radical (unpaired) electrons. The van der Waals surface area contributed by atoms with Gasteiger partial charge in [0.1, 0.15) is 5.60 Å². The highest BCUT2D eigenvalue weighted by Crippen LogP contribution is 2.68. The SMILES string of the molecule is CCC1(OC(C)=O)CCC2CC1C1C3CCC(C3)C21. The third kappa shape index (κ3) is 1.52. The fourth-order valence-corrected chi connectivity index (χ4v) is 6.73. The van der Waals surface area contributed by atoms with Gasteiger partial charge in [0, 0.05) is 12.8 Å². The van der Waals surface area contributed by atoms with Gasteiger partial charge in [-0.1, -0.05) is 6.92 Å². The Bertz CT molecular complexity index is 404. The molecule has 0 saturated heterocycles. The van der Waals surface area contributed by atoms with Crippen LogP contribution in [0.25, 0.3) is 0 Å². The Morgan fingerprint density at radius 1 is 1.11 bits per heavy atom. The van der Waals surface area contributed by atoms with E-state index in [1.165, 1.54) is 32.1 Å². The molecule has 0 amide bonds. The summed E-state index contributed by atoms with van der Waals surface area (Å²) >= 11 is 0. The summed E-state index contributed by atoms with van der Waals surface area (Å²) in [4.78, 5) is 11.6. The third-order valence-electron chi connectivity index (χ3n) is 7.17. The Morgan fingerprint density at radius 2 is 1.79 bits per heavy atom. The van der Waals surface area contributed by atoms with Gasteiger partial charge < -0.3 is 4.74 Å². The summed E-state index contributed by atoms with van der Waals surface area (Å²) < 4.78 is 5.94. The zero-order chi connectivity index (χ0) is 13.2. The van der Waals surface area contributed by atoms with E-state index in [1.54, 1.807) is 6.92 Å². The average Bonchev–Trinajstić information content (AvgIpc) is 3.05. The van der Waals surface area contributed by atoms with E-state index in [0.29, 0.717) is 5.92 Å². The van der Waals surface area contributed by atoms with Crippen LogP contribution in [0.5, 0.6) is 0 Å². The maximum absolute atomic E-state index is 11.6. The second kappa shape index (κ2) is 3.99. The van der Waals surface area contributed by atoms with Crippen molar-refractivity contribution in [3.63, 3.8) is 0 Å². The Kier molecular flexibility index (Phi) is 2.57. The first-order valence-corrected chi connectivity index (χ1v) is 8.34. The molecule has 19 heavy (non-hydrogen) atoms. The van der Waals surface area contributed by atoms with Crippen molar-refractivity contribution in [2.45, 2.75) is 64.4 Å². The van der Waals surface area contributed by atoms with Crippen molar-refractivity contribution in [2.75, 3.05) is 0 Å². The highest BCUT2D eigenvalue weighted by Gasteiger charge is 2.64. The van der Waals surface area contributed by atoms with E-state index < -0.39 is 0 Å². The topological polar surface area (TPSA) is 26.3 Å². The van der Waals surface area contributed by atoms with E-state index in [4.69, 9.17) is 4.74 Å². The lowest BCUT2D eigenvalue weighted by molar-refractivity contribution is -0.171. The van der Waals surface area contributed by atoms with E-state index in [0.717, 1.165) is 42.4 Å². The van der Waals surface area contributed by atoms with Gasteiger partial charge >= 0.3 is 5.97 Å². The Hall–Kier alpha value is -0.530. The minimum Gasteiger partial charge on any atom is -0.459 e. The lowest BCUT2D eigenvalue weighted by Gasteiger charge is -2.43. The fraction of sp³-hybridized carbons (Fsp3) is 0.941. The third-order valence-corrected chi connectivity index (χ3v) is 7.17. The zero-order valence-corrected chi connectivity index (χ0v) is 12.2. The predicted octanol–water partition coefficient (Wildman–Crippen LogP) is 3.79. The molecule has 0 spiro atoms. The number of carbonyl (C=O) groups is 1. The van der Waals surface area contributed by atoms with Crippen molar-refractivity contribution in [3.05, 3.63) is 0 Å². The van der Waals surface area contributed by atoms with Crippen LogP contribution in [-0.2, 0) is 9.53 Å². The summed E-state index contributed by atoms with van der Waals surface area (Å²) in [5.41, 5.74) is -0.105. The molecule has 4 bridgehead atoms. The summed E-state index contributed by atoms with van der Waals surface area (Å²) in [6, 6.07) is 0. The second-order valence-electron chi connectivity index (χ2n) is 7.64. The van der Waals surface area contributed by atoms with Crippen LogP contribution in [0.1, 0.15) is 58.8 Å². The Balaban J connectivity index is 1.68. The molecular formula is C17H26O2. The number of rotatable bonds is 2. The summed E-state index contributed by atoms with van der Waals surface area (Å²) in [5, 5.41) is 0. The predicted molar refractivity (Wildman–Crippen MR) is 73.4 cm³/mol. The monoisotopic (exact) mass is 262 g/mol. The van der Waals surface area contributed by atoms with E-state index in [2.05, 4.69) is 6.92 Å². The summed E-state index contributed by atoms with van der Waals surface area (Å²) in [6.07, 6.45) is 9.24. The van der Waals surface area contributed by atoms with Crippen LogP contribution in [0, 0.1) is 35.5 Å². The molecule has 4 aliphatic rings. The molecule has 4 saturated carbocycles. The van der Waals surface area contributed by atoms with Gasteiger partial charge in [-0.3, -0.25) is 4.79 Å². The molecular weight excluding hydrogens is 236 g/mol. The minimum atomic E-state index is -0.105. The molecule has 7 atom stereocenters. The molecule has 2 heteroatoms. The average molecular weight is 262 g/mol. The largest absolute Gasteiger partial charge is 0.459 e. The van der Waals surface area contributed by atoms with Gasteiger partial charge in [0.15, 0.2) is 0 Å². The van der Waals surface area contributed by atoms with E-state index in [1.807, 2.05) is 0 Å².